The van der Waals surface area contributed by atoms with Gasteiger partial charge >= 0.3 is 7.87 Å². The van der Waals surface area contributed by atoms with Crippen molar-refractivity contribution in [3.63, 3.8) is 0 Å². The molecule has 0 spiro atoms. The van der Waals surface area contributed by atoms with Crippen LogP contribution < -0.4 is 12.4 Å². The largest absolute Gasteiger partial charge is 1.00 e. The number of hydrogen-bond acceptors (Lipinski definition) is 4. The normalized spacial score (nSPS) is 12.5. The van der Waals surface area contributed by atoms with E-state index in [1.807, 2.05) is 0 Å². The topological polar surface area (TPSA) is 13.0 Å². The van der Waals surface area contributed by atoms with Gasteiger partial charge in [-0.3, -0.25) is 0 Å². The van der Waals surface area contributed by atoms with Gasteiger partial charge in [0.15, 0.2) is 0 Å². The van der Waals surface area contributed by atoms with Crippen LogP contribution in [0.2, 0.25) is 0 Å². The lowest BCUT2D eigenvalue weighted by molar-refractivity contribution is -0.00000601. The van der Waals surface area contributed by atoms with Gasteiger partial charge < -0.3 is 12.4 Å². The fourth-order valence-electron chi connectivity index (χ4n) is 3.78. The molecule has 0 unspecified atom stereocenters. The van der Waals surface area contributed by atoms with Crippen LogP contribution in [0.1, 0.15) is 68.2 Å². The molecule has 0 heterocycles. The molecule has 0 aliphatic heterocycles. The second-order valence-corrected chi connectivity index (χ2v) is 9.24. The molecule has 0 amide bonds. The van der Waals surface area contributed by atoms with E-state index in [2.05, 4.69) is 74.1 Å². The van der Waals surface area contributed by atoms with Gasteiger partial charge in [-0.15, -0.1) is 18.7 Å². The van der Waals surface area contributed by atoms with Crippen molar-refractivity contribution >= 4 is 7.87 Å². The summed E-state index contributed by atoms with van der Waals surface area (Å²) < 4.78 is 11.2. The fourth-order valence-corrected chi connectivity index (χ4v) is 9.14. The maximum absolute atomic E-state index is 2.85. The van der Waals surface area contributed by atoms with Gasteiger partial charge in [-0.05, 0) is 54.4 Å². The Labute approximate surface area is 159 Å². The van der Waals surface area contributed by atoms with Gasteiger partial charge in [-0.25, -0.2) is 0 Å². The first-order valence-electron chi connectivity index (χ1n) is 9.99. The summed E-state index contributed by atoms with van der Waals surface area (Å²) in [6.07, 6.45) is 2.46. The van der Waals surface area contributed by atoms with Crippen LogP contribution in [0.15, 0.2) is 0 Å². The number of hydrogen-bond donors (Lipinski definition) is 0. The van der Waals surface area contributed by atoms with Crippen LogP contribution in [0.3, 0.4) is 0 Å². The molecule has 24 heavy (non-hydrogen) atoms. The van der Waals surface area contributed by atoms with Gasteiger partial charge in [0.2, 0.25) is 0 Å². The Morgan fingerprint density at radius 3 is 0.875 bits per heavy atom. The Bertz CT molecular complexity index is 245. The van der Waals surface area contributed by atoms with E-state index in [4.69, 9.17) is 0 Å². The number of rotatable bonds is 14. The molecule has 4 nitrogen and oxygen atoms in total. The molecule has 0 atom stereocenters. The highest BCUT2D eigenvalue weighted by Gasteiger charge is 2.58. The van der Waals surface area contributed by atoms with Gasteiger partial charge in [0.1, 0.15) is 0 Å². The zero-order valence-corrected chi connectivity index (χ0v) is 19.3. The Kier molecular flexibility index (Phi) is 16.4. The summed E-state index contributed by atoms with van der Waals surface area (Å²) >= 11 is 0. The van der Waals surface area contributed by atoms with E-state index in [0.717, 1.165) is 39.3 Å². The second kappa shape index (κ2) is 14.7. The van der Waals surface area contributed by atoms with Gasteiger partial charge in [0, 0.05) is 52.4 Å². The molecular weight excluding hydrogens is 339 g/mol. The average Bonchev–Trinajstić information content (AvgIpc) is 2.57. The first-order chi connectivity index (χ1) is 11.1. The van der Waals surface area contributed by atoms with Gasteiger partial charge in [0.25, 0.3) is 0 Å². The highest BCUT2D eigenvalue weighted by Crippen LogP contribution is 2.69. The van der Waals surface area contributed by atoms with Crippen LogP contribution in [-0.2, 0) is 0 Å². The molecule has 148 valence electrons. The summed E-state index contributed by atoms with van der Waals surface area (Å²) in [6.45, 7) is 27.8. The van der Waals surface area contributed by atoms with E-state index in [-0.39, 0.29) is 12.4 Å². The standard InChI is InChI=1S/C18H44N4P.ClH/c1-9-17-22(18-10-2)23(19(11-3)12-4,20(13-5)14-6)21(15-7)16-8;/h9-18H2,1-8H3;1H/q+1;/p-1. The lowest BCUT2D eigenvalue weighted by Gasteiger charge is -2.50. The van der Waals surface area contributed by atoms with E-state index in [1.54, 1.807) is 0 Å². The van der Waals surface area contributed by atoms with Crippen LogP contribution in [-0.4, -0.2) is 71.0 Å². The highest BCUT2D eigenvalue weighted by molar-refractivity contribution is 7.66. The molecule has 0 fully saturated rings. The van der Waals surface area contributed by atoms with Crippen molar-refractivity contribution in [2.45, 2.75) is 68.2 Å². The Morgan fingerprint density at radius 2 is 0.708 bits per heavy atom. The third-order valence-corrected chi connectivity index (χ3v) is 9.80. The van der Waals surface area contributed by atoms with Crippen LogP contribution in [0.4, 0.5) is 0 Å². The molecule has 0 aromatic heterocycles. The lowest BCUT2D eigenvalue weighted by atomic mass is 10.4. The van der Waals surface area contributed by atoms with E-state index >= 15 is 0 Å². The van der Waals surface area contributed by atoms with Crippen molar-refractivity contribution < 1.29 is 12.4 Å². The minimum atomic E-state index is -1.64. The lowest BCUT2D eigenvalue weighted by Crippen LogP contribution is -3.00. The molecule has 0 radical (unpaired) electrons. The maximum Gasteiger partial charge on any atom is 0.308 e. The molecule has 0 bridgehead atoms. The molecule has 0 aromatic rings. The van der Waals surface area contributed by atoms with Crippen molar-refractivity contribution in [3.8, 4) is 0 Å². The molecule has 0 saturated carbocycles. The summed E-state index contributed by atoms with van der Waals surface area (Å²) in [6, 6.07) is 0. The Balaban J connectivity index is 0. The predicted octanol–water partition coefficient (Wildman–Crippen LogP) is 1.82. The summed E-state index contributed by atoms with van der Waals surface area (Å²) in [5, 5.41) is 0. The summed E-state index contributed by atoms with van der Waals surface area (Å²) in [5.74, 6) is 0. The average molecular weight is 383 g/mol. The molecule has 0 rings (SSSR count). The quantitative estimate of drug-likeness (QED) is 0.425. The molecule has 6 heteroatoms. The van der Waals surface area contributed by atoms with Crippen LogP contribution in [0, 0.1) is 0 Å². The van der Waals surface area contributed by atoms with E-state index in [0.29, 0.717) is 0 Å². The first-order valence-corrected chi connectivity index (χ1v) is 11.6. The minimum absolute atomic E-state index is 0. The molecule has 0 saturated heterocycles. The van der Waals surface area contributed by atoms with E-state index < -0.39 is 7.87 Å². The smallest absolute Gasteiger partial charge is 0.308 e. The van der Waals surface area contributed by atoms with Crippen molar-refractivity contribution in [2.75, 3.05) is 52.4 Å². The Hall–Kier alpha value is 0.560. The zero-order chi connectivity index (χ0) is 17.9. The molecule has 0 aliphatic rings. The van der Waals surface area contributed by atoms with Crippen LogP contribution >= 0.6 is 7.87 Å². The van der Waals surface area contributed by atoms with Gasteiger partial charge in [-0.2, -0.15) is 0 Å². The number of halogens is 1. The van der Waals surface area contributed by atoms with Crippen LogP contribution in [0.25, 0.3) is 0 Å². The molecule has 0 aromatic carbocycles. The first kappa shape index (κ1) is 26.8. The molecular formula is C18H44ClN4P. The third-order valence-electron chi connectivity index (χ3n) is 4.67. The molecule has 0 aliphatic carbocycles. The van der Waals surface area contributed by atoms with E-state index in [1.165, 1.54) is 25.9 Å². The van der Waals surface area contributed by atoms with Crippen molar-refractivity contribution in [2.24, 2.45) is 0 Å². The zero-order valence-electron chi connectivity index (χ0n) is 17.7. The Morgan fingerprint density at radius 1 is 0.458 bits per heavy atom. The van der Waals surface area contributed by atoms with Gasteiger partial charge in [-0.1, -0.05) is 13.8 Å². The number of nitrogens with zero attached hydrogens (tertiary/aromatic N) is 4. The third kappa shape index (κ3) is 5.79. The SMILES string of the molecule is CCCN(CCC)[P+](N(CC)CC)(N(CC)CC)N(CC)CC.[Cl-]. The second-order valence-electron chi connectivity index (χ2n) is 5.91. The predicted molar refractivity (Wildman–Crippen MR) is 108 cm³/mol. The van der Waals surface area contributed by atoms with E-state index in [9.17, 15) is 0 Å². The molecule has 0 N–H and O–H groups in total. The van der Waals surface area contributed by atoms with Gasteiger partial charge in [0.05, 0.1) is 0 Å². The van der Waals surface area contributed by atoms with Crippen molar-refractivity contribution in [1.82, 2.24) is 18.7 Å². The minimum Gasteiger partial charge on any atom is -1.00 e. The summed E-state index contributed by atoms with van der Waals surface area (Å²) in [7, 11) is -1.64. The van der Waals surface area contributed by atoms with Crippen LogP contribution in [0.5, 0.6) is 0 Å². The maximum atomic E-state index is 2.85. The van der Waals surface area contributed by atoms with Crippen molar-refractivity contribution in [3.05, 3.63) is 0 Å². The summed E-state index contributed by atoms with van der Waals surface area (Å²) in [4.78, 5) is 0. The van der Waals surface area contributed by atoms with Crippen molar-refractivity contribution in [1.29, 1.82) is 0 Å². The summed E-state index contributed by atoms with van der Waals surface area (Å²) in [5.41, 5.74) is 0. The monoisotopic (exact) mass is 382 g/mol. The fraction of sp³-hybridized carbons (Fsp3) is 1.00. The highest BCUT2D eigenvalue weighted by atomic mass is 35.5.